The summed E-state index contributed by atoms with van der Waals surface area (Å²) in [6.07, 6.45) is 0. The van der Waals surface area contributed by atoms with Crippen LogP contribution in [0.5, 0.6) is 0 Å². The van der Waals surface area contributed by atoms with Gasteiger partial charge in [0.1, 0.15) is 4.90 Å². The van der Waals surface area contributed by atoms with E-state index in [1.54, 1.807) is 0 Å². The second kappa shape index (κ2) is 3.03. The summed E-state index contributed by atoms with van der Waals surface area (Å²) in [6.45, 7) is 0.132. The van der Waals surface area contributed by atoms with Crippen molar-refractivity contribution in [2.45, 2.75) is 11.4 Å². The molecule has 0 radical (unpaired) electrons. The van der Waals surface area contributed by atoms with Crippen LogP contribution in [-0.2, 0) is 16.8 Å². The standard InChI is InChI=1S/C9H8FNO3S/c1-11-5-7-6(9(11)12)3-2-4-8(7)15(10,13)14/h2-4H,5H2,1H3. The quantitative estimate of drug-likeness (QED) is 0.673. The van der Waals surface area contributed by atoms with Crippen LogP contribution in [0.4, 0.5) is 3.89 Å². The summed E-state index contributed by atoms with van der Waals surface area (Å²) in [4.78, 5) is 12.4. The Labute approximate surface area is 86.5 Å². The third-order valence-electron chi connectivity index (χ3n) is 2.37. The molecule has 1 aromatic rings. The van der Waals surface area contributed by atoms with Gasteiger partial charge in [-0.1, -0.05) is 6.07 Å². The highest BCUT2D eigenvalue weighted by atomic mass is 32.3. The lowest BCUT2D eigenvalue weighted by Gasteiger charge is -2.05. The number of fused-ring (bicyclic) bond motifs is 1. The molecule has 6 heteroatoms. The summed E-state index contributed by atoms with van der Waals surface area (Å²) in [7, 11) is -3.22. The Balaban J connectivity index is 2.70. The first kappa shape index (κ1) is 10.1. The average molecular weight is 229 g/mol. The molecule has 0 saturated heterocycles. The van der Waals surface area contributed by atoms with E-state index in [9.17, 15) is 17.1 Å². The molecule has 1 amide bonds. The highest BCUT2D eigenvalue weighted by Gasteiger charge is 2.30. The molecule has 0 fully saturated rings. The Morgan fingerprint density at radius 3 is 2.67 bits per heavy atom. The van der Waals surface area contributed by atoms with Crippen LogP contribution in [0.2, 0.25) is 0 Å². The Morgan fingerprint density at radius 2 is 2.07 bits per heavy atom. The van der Waals surface area contributed by atoms with Gasteiger partial charge in [-0.3, -0.25) is 4.79 Å². The minimum absolute atomic E-state index is 0.132. The van der Waals surface area contributed by atoms with Crippen molar-refractivity contribution in [3.8, 4) is 0 Å². The van der Waals surface area contributed by atoms with Gasteiger partial charge in [0.15, 0.2) is 0 Å². The number of hydrogen-bond donors (Lipinski definition) is 0. The second-order valence-electron chi connectivity index (χ2n) is 3.38. The fourth-order valence-electron chi connectivity index (χ4n) is 1.67. The van der Waals surface area contributed by atoms with Crippen LogP contribution in [0.15, 0.2) is 23.1 Å². The van der Waals surface area contributed by atoms with E-state index in [4.69, 9.17) is 0 Å². The number of halogens is 1. The summed E-state index contributed by atoms with van der Waals surface area (Å²) in [5.41, 5.74) is 0.503. The minimum Gasteiger partial charge on any atom is -0.337 e. The lowest BCUT2D eigenvalue weighted by Crippen LogP contribution is -2.17. The van der Waals surface area contributed by atoms with E-state index < -0.39 is 15.1 Å². The van der Waals surface area contributed by atoms with Gasteiger partial charge in [-0.05, 0) is 12.1 Å². The number of nitrogens with zero attached hydrogens (tertiary/aromatic N) is 1. The molecule has 2 rings (SSSR count). The maximum absolute atomic E-state index is 12.9. The van der Waals surface area contributed by atoms with Gasteiger partial charge >= 0.3 is 10.2 Å². The van der Waals surface area contributed by atoms with Crippen molar-refractivity contribution in [2.24, 2.45) is 0 Å². The highest BCUT2D eigenvalue weighted by Crippen LogP contribution is 2.28. The SMILES string of the molecule is CN1Cc2c(cccc2S(=O)(=O)F)C1=O. The van der Waals surface area contributed by atoms with Gasteiger partial charge in [-0.25, -0.2) is 0 Å². The van der Waals surface area contributed by atoms with E-state index in [1.807, 2.05) is 0 Å². The van der Waals surface area contributed by atoms with Crippen molar-refractivity contribution < 1.29 is 17.1 Å². The molecule has 1 aliphatic rings. The molecule has 0 bridgehead atoms. The van der Waals surface area contributed by atoms with E-state index in [2.05, 4.69) is 0 Å². The summed E-state index contributed by atoms with van der Waals surface area (Å²) in [6, 6.07) is 4.03. The molecule has 1 aliphatic heterocycles. The molecule has 0 aliphatic carbocycles. The molecule has 1 heterocycles. The molecule has 0 saturated carbocycles. The van der Waals surface area contributed by atoms with Crippen molar-refractivity contribution in [1.29, 1.82) is 0 Å². The molecule has 15 heavy (non-hydrogen) atoms. The van der Waals surface area contributed by atoms with Gasteiger partial charge in [0.25, 0.3) is 5.91 Å². The maximum atomic E-state index is 12.9. The maximum Gasteiger partial charge on any atom is 0.332 e. The predicted molar refractivity (Wildman–Crippen MR) is 50.5 cm³/mol. The zero-order chi connectivity index (χ0) is 11.2. The number of hydrogen-bond acceptors (Lipinski definition) is 3. The predicted octanol–water partition coefficient (Wildman–Crippen LogP) is 0.930. The molecule has 0 atom stereocenters. The molecule has 80 valence electrons. The molecule has 0 N–H and O–H groups in total. The van der Waals surface area contributed by atoms with Gasteiger partial charge in [-0.2, -0.15) is 8.42 Å². The monoisotopic (exact) mass is 229 g/mol. The zero-order valence-electron chi connectivity index (χ0n) is 7.90. The number of amides is 1. The van der Waals surface area contributed by atoms with E-state index in [0.29, 0.717) is 0 Å². The molecule has 0 unspecified atom stereocenters. The highest BCUT2D eigenvalue weighted by molar-refractivity contribution is 7.86. The summed E-state index contributed by atoms with van der Waals surface area (Å²) in [5.74, 6) is -0.282. The van der Waals surface area contributed by atoms with Gasteiger partial charge < -0.3 is 4.90 Å². The van der Waals surface area contributed by atoms with Crippen molar-refractivity contribution in [2.75, 3.05) is 7.05 Å². The Hall–Kier alpha value is -1.43. The van der Waals surface area contributed by atoms with E-state index >= 15 is 0 Å². The van der Waals surface area contributed by atoms with Crippen LogP contribution >= 0.6 is 0 Å². The first-order valence-electron chi connectivity index (χ1n) is 4.23. The van der Waals surface area contributed by atoms with Crippen LogP contribution in [0.25, 0.3) is 0 Å². The fourth-order valence-corrected chi connectivity index (χ4v) is 2.38. The first-order chi connectivity index (χ1) is 6.91. The Kier molecular flexibility index (Phi) is 2.04. The van der Waals surface area contributed by atoms with E-state index in [0.717, 1.165) is 0 Å². The smallest absolute Gasteiger partial charge is 0.332 e. The topological polar surface area (TPSA) is 54.5 Å². The number of rotatable bonds is 1. The van der Waals surface area contributed by atoms with Crippen LogP contribution in [0.3, 0.4) is 0 Å². The Bertz CT molecular complexity index is 538. The largest absolute Gasteiger partial charge is 0.337 e. The molecule has 1 aromatic carbocycles. The van der Waals surface area contributed by atoms with E-state index in [-0.39, 0.29) is 23.6 Å². The first-order valence-corrected chi connectivity index (χ1v) is 5.61. The normalized spacial score (nSPS) is 15.6. The molecular weight excluding hydrogens is 221 g/mol. The van der Waals surface area contributed by atoms with Crippen LogP contribution in [0.1, 0.15) is 15.9 Å². The fraction of sp³-hybridized carbons (Fsp3) is 0.222. The van der Waals surface area contributed by atoms with Crippen molar-refractivity contribution >= 4 is 16.1 Å². The number of carbonyl (C=O) groups is 1. The molecule has 0 spiro atoms. The summed E-state index contributed by atoms with van der Waals surface area (Å²) in [5, 5.41) is 0. The van der Waals surface area contributed by atoms with Crippen molar-refractivity contribution in [3.63, 3.8) is 0 Å². The van der Waals surface area contributed by atoms with Gasteiger partial charge in [0.2, 0.25) is 0 Å². The van der Waals surface area contributed by atoms with Crippen LogP contribution in [0, 0.1) is 0 Å². The zero-order valence-corrected chi connectivity index (χ0v) is 8.71. The summed E-state index contributed by atoms with van der Waals surface area (Å²) < 4.78 is 34.5. The lowest BCUT2D eigenvalue weighted by molar-refractivity contribution is 0.0816. The third-order valence-corrected chi connectivity index (χ3v) is 3.28. The van der Waals surface area contributed by atoms with Gasteiger partial charge in [-0.15, -0.1) is 3.89 Å². The second-order valence-corrected chi connectivity index (χ2v) is 4.70. The third kappa shape index (κ3) is 1.50. The number of carbonyl (C=O) groups excluding carboxylic acids is 1. The van der Waals surface area contributed by atoms with Crippen LogP contribution in [-0.4, -0.2) is 26.3 Å². The average Bonchev–Trinajstić information content (AvgIpc) is 2.41. The minimum atomic E-state index is -4.75. The molecule has 0 aromatic heterocycles. The molecular formula is C9H8FNO3S. The lowest BCUT2D eigenvalue weighted by atomic mass is 10.1. The van der Waals surface area contributed by atoms with Crippen LogP contribution < -0.4 is 0 Å². The van der Waals surface area contributed by atoms with Crippen molar-refractivity contribution in [3.05, 3.63) is 29.3 Å². The molecule has 4 nitrogen and oxygen atoms in total. The van der Waals surface area contributed by atoms with Gasteiger partial charge in [0, 0.05) is 24.7 Å². The summed E-state index contributed by atoms with van der Waals surface area (Å²) >= 11 is 0. The van der Waals surface area contributed by atoms with Crippen molar-refractivity contribution in [1.82, 2.24) is 4.90 Å². The Morgan fingerprint density at radius 1 is 1.40 bits per heavy atom. The number of benzene rings is 1. The van der Waals surface area contributed by atoms with Gasteiger partial charge in [0.05, 0.1) is 0 Å². The van der Waals surface area contributed by atoms with E-state index in [1.165, 1.54) is 30.1 Å².